The van der Waals surface area contributed by atoms with Crippen LogP contribution in [-0.2, 0) is 0 Å². The first-order chi connectivity index (χ1) is 9.99. The maximum atomic E-state index is 14.0. The highest BCUT2D eigenvalue weighted by Gasteiger charge is 2.45. The first-order valence-corrected chi connectivity index (χ1v) is 7.29. The van der Waals surface area contributed by atoms with Gasteiger partial charge in [0, 0.05) is 13.1 Å². The summed E-state index contributed by atoms with van der Waals surface area (Å²) in [6.07, 6.45) is 4.55. The maximum absolute atomic E-state index is 14.0. The molecule has 5 heteroatoms. The summed E-state index contributed by atoms with van der Waals surface area (Å²) < 4.78 is 14.0. The Morgan fingerprint density at radius 3 is 2.24 bits per heavy atom. The summed E-state index contributed by atoms with van der Waals surface area (Å²) >= 11 is 0. The van der Waals surface area contributed by atoms with E-state index in [1.54, 1.807) is 11.9 Å². The molecule has 0 aliphatic heterocycles. The van der Waals surface area contributed by atoms with E-state index in [-0.39, 0.29) is 23.1 Å². The molecule has 4 nitrogen and oxygen atoms in total. The van der Waals surface area contributed by atoms with Crippen molar-refractivity contribution < 1.29 is 19.1 Å². The number of amides is 1. The van der Waals surface area contributed by atoms with Crippen LogP contribution in [0.25, 0.3) is 0 Å². The van der Waals surface area contributed by atoms with Crippen LogP contribution >= 0.6 is 0 Å². The van der Waals surface area contributed by atoms with Crippen LogP contribution < -0.4 is 0 Å². The minimum Gasteiger partial charge on any atom is -0.478 e. The predicted molar refractivity (Wildman–Crippen MR) is 74.7 cm³/mol. The fraction of sp³-hybridized carbons (Fsp3) is 0.500. The lowest BCUT2D eigenvalue weighted by Crippen LogP contribution is -2.40. The average molecular weight is 291 g/mol. The standard InChI is InChI=1S/C16H18FNO3/c1-18(14(9-2-3-9)10-4-5-10)15(19)12-7-6-11(16(20)21)8-13(12)17/h6-10,14H,2-5H2,1H3,(H,20,21). The molecular weight excluding hydrogens is 273 g/mol. The highest BCUT2D eigenvalue weighted by molar-refractivity contribution is 5.96. The van der Waals surface area contributed by atoms with Crippen LogP contribution in [0.5, 0.6) is 0 Å². The maximum Gasteiger partial charge on any atom is 0.335 e. The SMILES string of the molecule is CN(C(=O)c1ccc(C(=O)O)cc1F)C(C1CC1)C1CC1. The monoisotopic (exact) mass is 291 g/mol. The summed E-state index contributed by atoms with van der Waals surface area (Å²) in [4.78, 5) is 25.0. The minimum atomic E-state index is -1.20. The van der Waals surface area contributed by atoms with Gasteiger partial charge in [0.05, 0.1) is 11.1 Å². The van der Waals surface area contributed by atoms with Crippen LogP contribution in [0.2, 0.25) is 0 Å². The Balaban J connectivity index is 1.82. The zero-order chi connectivity index (χ0) is 15.1. The van der Waals surface area contributed by atoms with Gasteiger partial charge in [0.15, 0.2) is 0 Å². The molecule has 1 amide bonds. The highest BCUT2D eigenvalue weighted by Crippen LogP contribution is 2.47. The van der Waals surface area contributed by atoms with Gasteiger partial charge in [-0.3, -0.25) is 4.79 Å². The Morgan fingerprint density at radius 2 is 1.81 bits per heavy atom. The van der Waals surface area contributed by atoms with E-state index in [1.165, 1.54) is 12.1 Å². The molecule has 1 aromatic carbocycles. The van der Waals surface area contributed by atoms with Gasteiger partial charge in [-0.15, -0.1) is 0 Å². The van der Waals surface area contributed by atoms with Crippen molar-refractivity contribution in [3.63, 3.8) is 0 Å². The van der Waals surface area contributed by atoms with E-state index in [9.17, 15) is 14.0 Å². The fourth-order valence-electron chi connectivity index (χ4n) is 3.04. The molecule has 0 radical (unpaired) electrons. The number of rotatable bonds is 5. The molecule has 1 N–H and O–H groups in total. The Labute approximate surface area is 122 Å². The normalized spacial score (nSPS) is 17.9. The fourth-order valence-corrected chi connectivity index (χ4v) is 3.04. The lowest BCUT2D eigenvalue weighted by molar-refractivity contribution is 0.0675. The molecule has 2 fully saturated rings. The zero-order valence-corrected chi connectivity index (χ0v) is 11.9. The number of carboxylic acids is 1. The molecule has 0 unspecified atom stereocenters. The zero-order valence-electron chi connectivity index (χ0n) is 11.9. The van der Waals surface area contributed by atoms with Crippen molar-refractivity contribution in [2.45, 2.75) is 31.7 Å². The van der Waals surface area contributed by atoms with Crippen LogP contribution in [-0.4, -0.2) is 35.0 Å². The number of halogens is 1. The molecule has 0 heterocycles. The third-order valence-corrected chi connectivity index (χ3v) is 4.42. The molecule has 112 valence electrons. The van der Waals surface area contributed by atoms with Crippen molar-refractivity contribution in [3.8, 4) is 0 Å². The molecule has 0 bridgehead atoms. The van der Waals surface area contributed by atoms with E-state index < -0.39 is 11.8 Å². The van der Waals surface area contributed by atoms with Crippen molar-refractivity contribution in [2.24, 2.45) is 11.8 Å². The number of carbonyl (C=O) groups is 2. The van der Waals surface area contributed by atoms with Gasteiger partial charge < -0.3 is 10.0 Å². The molecule has 1 aromatic rings. The molecule has 0 aromatic heterocycles. The van der Waals surface area contributed by atoms with E-state index in [0.29, 0.717) is 11.8 Å². The van der Waals surface area contributed by atoms with E-state index in [0.717, 1.165) is 31.7 Å². The summed E-state index contributed by atoms with van der Waals surface area (Å²) in [5.41, 5.74) is -0.193. The molecule has 3 rings (SSSR count). The van der Waals surface area contributed by atoms with Gasteiger partial charge in [-0.25, -0.2) is 9.18 Å². The second-order valence-electron chi connectivity index (χ2n) is 6.08. The first-order valence-electron chi connectivity index (χ1n) is 7.29. The molecule has 0 spiro atoms. The van der Waals surface area contributed by atoms with Crippen LogP contribution in [0.15, 0.2) is 18.2 Å². The molecule has 2 aliphatic rings. The van der Waals surface area contributed by atoms with Gasteiger partial charge in [-0.2, -0.15) is 0 Å². The van der Waals surface area contributed by atoms with Crippen molar-refractivity contribution >= 4 is 11.9 Å². The second kappa shape index (κ2) is 5.13. The molecule has 21 heavy (non-hydrogen) atoms. The summed E-state index contributed by atoms with van der Waals surface area (Å²) in [6.45, 7) is 0. The topological polar surface area (TPSA) is 57.6 Å². The number of hydrogen-bond acceptors (Lipinski definition) is 2. The van der Waals surface area contributed by atoms with Gasteiger partial charge in [-0.1, -0.05) is 0 Å². The van der Waals surface area contributed by atoms with E-state index in [2.05, 4.69) is 0 Å². The highest BCUT2D eigenvalue weighted by atomic mass is 19.1. The number of carboxylic acid groups (broad SMARTS) is 1. The van der Waals surface area contributed by atoms with Gasteiger partial charge in [0.1, 0.15) is 5.82 Å². The number of carbonyl (C=O) groups excluding carboxylic acids is 1. The van der Waals surface area contributed by atoms with Crippen LogP contribution in [0, 0.1) is 17.7 Å². The van der Waals surface area contributed by atoms with Crippen molar-refractivity contribution in [1.82, 2.24) is 4.90 Å². The van der Waals surface area contributed by atoms with Crippen molar-refractivity contribution in [3.05, 3.63) is 35.1 Å². The van der Waals surface area contributed by atoms with Gasteiger partial charge in [0.2, 0.25) is 0 Å². The third kappa shape index (κ3) is 2.77. The lowest BCUT2D eigenvalue weighted by atomic mass is 10.0. The Kier molecular flexibility index (Phi) is 3.43. The van der Waals surface area contributed by atoms with Gasteiger partial charge >= 0.3 is 5.97 Å². The Morgan fingerprint density at radius 1 is 1.24 bits per heavy atom. The number of hydrogen-bond donors (Lipinski definition) is 1. The van der Waals surface area contributed by atoms with E-state index in [4.69, 9.17) is 5.11 Å². The largest absolute Gasteiger partial charge is 0.478 e. The lowest BCUT2D eigenvalue weighted by Gasteiger charge is -2.28. The van der Waals surface area contributed by atoms with Crippen LogP contribution in [0.3, 0.4) is 0 Å². The Hall–Kier alpha value is -1.91. The number of benzene rings is 1. The van der Waals surface area contributed by atoms with Gasteiger partial charge in [0.25, 0.3) is 5.91 Å². The quantitative estimate of drug-likeness (QED) is 0.907. The van der Waals surface area contributed by atoms with Gasteiger partial charge in [-0.05, 0) is 55.7 Å². The first kappa shape index (κ1) is 14.0. The smallest absolute Gasteiger partial charge is 0.335 e. The summed E-state index contributed by atoms with van der Waals surface area (Å²) in [5.74, 6) is -1.22. The molecule has 0 saturated heterocycles. The summed E-state index contributed by atoms with van der Waals surface area (Å²) in [5, 5.41) is 8.84. The average Bonchev–Trinajstić information content (AvgIpc) is 3.32. The van der Waals surface area contributed by atoms with E-state index in [1.807, 2.05) is 0 Å². The molecule has 2 saturated carbocycles. The molecule has 0 atom stereocenters. The number of aromatic carboxylic acids is 1. The van der Waals surface area contributed by atoms with Crippen molar-refractivity contribution in [2.75, 3.05) is 7.05 Å². The minimum absolute atomic E-state index is 0.0474. The van der Waals surface area contributed by atoms with E-state index >= 15 is 0 Å². The predicted octanol–water partition coefficient (Wildman–Crippen LogP) is 2.78. The second-order valence-corrected chi connectivity index (χ2v) is 6.08. The van der Waals surface area contributed by atoms with Crippen LogP contribution in [0.1, 0.15) is 46.4 Å². The Bertz CT molecular complexity index is 581. The summed E-state index contributed by atoms with van der Waals surface area (Å²) in [7, 11) is 1.73. The van der Waals surface area contributed by atoms with Crippen LogP contribution in [0.4, 0.5) is 4.39 Å². The van der Waals surface area contributed by atoms with Crippen molar-refractivity contribution in [1.29, 1.82) is 0 Å². The third-order valence-electron chi connectivity index (χ3n) is 4.42. The molecule has 2 aliphatic carbocycles. The number of nitrogens with zero attached hydrogens (tertiary/aromatic N) is 1. The molecular formula is C16H18FNO3. The summed E-state index contributed by atoms with van der Waals surface area (Å²) in [6, 6.07) is 3.66.